The number of halogens is 1. The first-order chi connectivity index (χ1) is 11.7. The van der Waals surface area contributed by atoms with E-state index in [0.717, 1.165) is 0 Å². The molecule has 1 aliphatic rings. The number of H-pyrrole nitrogens is 1. The normalized spacial score (nSPS) is 18.9. The monoisotopic (exact) mass is 365 g/mol. The molecule has 0 aliphatic carbocycles. The zero-order valence-corrected chi connectivity index (χ0v) is 14.2. The molecule has 2 aromatic rings. The average Bonchev–Trinajstić information content (AvgIpc) is 2.88. The van der Waals surface area contributed by atoms with E-state index in [4.69, 9.17) is 0 Å². The van der Waals surface area contributed by atoms with Gasteiger partial charge in [0.25, 0.3) is 5.91 Å². The van der Waals surface area contributed by atoms with E-state index in [2.05, 4.69) is 15.3 Å². The fourth-order valence-electron chi connectivity index (χ4n) is 2.70. The van der Waals surface area contributed by atoms with Gasteiger partial charge in [-0.05, 0) is 43.2 Å². The SMILES string of the molecule is Cc1cc(-c2cc(C(=O)NC3CCS(=O)(=O)C3)[nH]c(=O)n2)ccc1F. The highest BCUT2D eigenvalue weighted by Gasteiger charge is 2.29. The number of benzene rings is 1. The van der Waals surface area contributed by atoms with E-state index in [1.54, 1.807) is 6.92 Å². The number of aromatic nitrogens is 2. The molecule has 0 radical (unpaired) electrons. The zero-order valence-electron chi connectivity index (χ0n) is 13.4. The van der Waals surface area contributed by atoms with Crippen molar-refractivity contribution in [3.8, 4) is 11.3 Å². The number of aryl methyl sites for hydroxylation is 1. The minimum atomic E-state index is -3.13. The van der Waals surface area contributed by atoms with Crippen molar-refractivity contribution in [3.05, 3.63) is 51.8 Å². The lowest BCUT2D eigenvalue weighted by Gasteiger charge is -2.11. The lowest BCUT2D eigenvalue weighted by atomic mass is 10.1. The summed E-state index contributed by atoms with van der Waals surface area (Å²) < 4.78 is 36.3. The Morgan fingerprint density at radius 3 is 2.76 bits per heavy atom. The van der Waals surface area contributed by atoms with Crippen LogP contribution in [0.25, 0.3) is 11.3 Å². The number of amides is 1. The minimum absolute atomic E-state index is 0.0266. The standard InChI is InChI=1S/C16H16FN3O4S/c1-9-6-10(2-3-12(9)17)13-7-14(20-16(22)19-13)15(21)18-11-4-5-25(23,24)8-11/h2-3,6-7,11H,4-5,8H2,1H3,(H,18,21)(H,19,20,22). The molecule has 3 rings (SSSR count). The predicted octanol–water partition coefficient (Wildman–Crippen LogP) is 0.801. The van der Waals surface area contributed by atoms with Gasteiger partial charge in [0, 0.05) is 11.6 Å². The number of nitrogens with one attached hydrogen (secondary N) is 2. The molecule has 1 saturated heterocycles. The van der Waals surface area contributed by atoms with Gasteiger partial charge in [0.1, 0.15) is 11.5 Å². The van der Waals surface area contributed by atoms with E-state index in [0.29, 0.717) is 17.5 Å². The van der Waals surface area contributed by atoms with Crippen LogP contribution in [-0.4, -0.2) is 41.8 Å². The number of rotatable bonds is 3. The Bertz CT molecular complexity index is 1000. The fourth-order valence-corrected chi connectivity index (χ4v) is 4.38. The molecule has 1 unspecified atom stereocenters. The van der Waals surface area contributed by atoms with Gasteiger partial charge in [-0.1, -0.05) is 0 Å². The number of carbonyl (C=O) groups excluding carboxylic acids is 1. The van der Waals surface area contributed by atoms with Crippen LogP contribution in [0.5, 0.6) is 0 Å². The molecule has 0 saturated carbocycles. The van der Waals surface area contributed by atoms with Crippen molar-refractivity contribution in [2.45, 2.75) is 19.4 Å². The van der Waals surface area contributed by atoms with Crippen LogP contribution in [0.3, 0.4) is 0 Å². The van der Waals surface area contributed by atoms with Crippen LogP contribution in [0.4, 0.5) is 4.39 Å². The maximum absolute atomic E-state index is 13.4. The van der Waals surface area contributed by atoms with Gasteiger partial charge in [-0.15, -0.1) is 0 Å². The van der Waals surface area contributed by atoms with Crippen LogP contribution >= 0.6 is 0 Å². The number of sulfone groups is 1. The van der Waals surface area contributed by atoms with Crippen LogP contribution < -0.4 is 11.0 Å². The quantitative estimate of drug-likeness (QED) is 0.836. The lowest BCUT2D eigenvalue weighted by molar-refractivity contribution is 0.0935. The third-order valence-corrected chi connectivity index (χ3v) is 5.78. The third kappa shape index (κ3) is 3.93. The summed E-state index contributed by atoms with van der Waals surface area (Å²) in [6.07, 6.45) is 0.341. The summed E-state index contributed by atoms with van der Waals surface area (Å²) in [5.41, 5.74) is 0.380. The Kier molecular flexibility index (Phi) is 4.42. The number of carbonyl (C=O) groups is 1. The van der Waals surface area contributed by atoms with Gasteiger partial charge in [0.05, 0.1) is 17.2 Å². The second-order valence-electron chi connectivity index (χ2n) is 6.02. The molecule has 2 heterocycles. The van der Waals surface area contributed by atoms with E-state index in [1.807, 2.05) is 0 Å². The Morgan fingerprint density at radius 1 is 1.36 bits per heavy atom. The topological polar surface area (TPSA) is 109 Å². The molecule has 25 heavy (non-hydrogen) atoms. The molecule has 7 nitrogen and oxygen atoms in total. The van der Waals surface area contributed by atoms with E-state index in [1.165, 1.54) is 24.3 Å². The van der Waals surface area contributed by atoms with Crippen molar-refractivity contribution in [2.24, 2.45) is 0 Å². The zero-order chi connectivity index (χ0) is 18.2. The second kappa shape index (κ2) is 6.40. The number of nitrogens with zero attached hydrogens (tertiary/aromatic N) is 1. The average molecular weight is 365 g/mol. The summed E-state index contributed by atoms with van der Waals surface area (Å²) in [5.74, 6) is -1.04. The molecule has 0 spiro atoms. The Hall–Kier alpha value is -2.55. The van der Waals surface area contributed by atoms with Crippen molar-refractivity contribution in [1.82, 2.24) is 15.3 Å². The third-order valence-electron chi connectivity index (χ3n) is 4.01. The van der Waals surface area contributed by atoms with Crippen LogP contribution in [0, 0.1) is 12.7 Å². The van der Waals surface area contributed by atoms with Crippen LogP contribution in [-0.2, 0) is 9.84 Å². The van der Waals surface area contributed by atoms with E-state index in [-0.39, 0.29) is 28.7 Å². The summed E-state index contributed by atoms with van der Waals surface area (Å²) in [7, 11) is -3.13. The molecule has 9 heteroatoms. The van der Waals surface area contributed by atoms with Gasteiger partial charge in [0.15, 0.2) is 9.84 Å². The first-order valence-electron chi connectivity index (χ1n) is 7.63. The van der Waals surface area contributed by atoms with E-state index >= 15 is 0 Å². The van der Waals surface area contributed by atoms with E-state index in [9.17, 15) is 22.4 Å². The van der Waals surface area contributed by atoms with Gasteiger partial charge in [-0.2, -0.15) is 4.98 Å². The van der Waals surface area contributed by atoms with Crippen molar-refractivity contribution >= 4 is 15.7 Å². The number of hydrogen-bond acceptors (Lipinski definition) is 5. The first-order valence-corrected chi connectivity index (χ1v) is 9.45. The van der Waals surface area contributed by atoms with Crippen molar-refractivity contribution in [3.63, 3.8) is 0 Å². The highest BCUT2D eigenvalue weighted by molar-refractivity contribution is 7.91. The summed E-state index contributed by atoms with van der Waals surface area (Å²) in [6.45, 7) is 1.58. The summed E-state index contributed by atoms with van der Waals surface area (Å²) >= 11 is 0. The van der Waals surface area contributed by atoms with Crippen LogP contribution in [0.15, 0.2) is 29.1 Å². The molecule has 1 atom stereocenters. The highest BCUT2D eigenvalue weighted by atomic mass is 32.2. The Morgan fingerprint density at radius 2 is 2.12 bits per heavy atom. The second-order valence-corrected chi connectivity index (χ2v) is 8.25. The maximum Gasteiger partial charge on any atom is 0.346 e. The van der Waals surface area contributed by atoms with Crippen LogP contribution in [0.1, 0.15) is 22.5 Å². The van der Waals surface area contributed by atoms with Crippen molar-refractivity contribution in [1.29, 1.82) is 0 Å². The number of hydrogen-bond donors (Lipinski definition) is 2. The number of aromatic amines is 1. The lowest BCUT2D eigenvalue weighted by Crippen LogP contribution is -2.37. The first kappa shape index (κ1) is 17.3. The van der Waals surface area contributed by atoms with Crippen LogP contribution in [0.2, 0.25) is 0 Å². The molecule has 1 aromatic carbocycles. The summed E-state index contributed by atoms with van der Waals surface area (Å²) in [5, 5.41) is 2.60. The van der Waals surface area contributed by atoms with Gasteiger partial charge in [-0.3, -0.25) is 4.79 Å². The molecule has 1 aliphatic heterocycles. The predicted molar refractivity (Wildman–Crippen MR) is 89.5 cm³/mol. The molecule has 132 valence electrons. The van der Waals surface area contributed by atoms with Gasteiger partial charge in [-0.25, -0.2) is 17.6 Å². The Labute approximate surface area is 143 Å². The molecule has 1 amide bonds. The maximum atomic E-state index is 13.4. The Balaban J connectivity index is 1.87. The smallest absolute Gasteiger partial charge is 0.346 e. The molecular weight excluding hydrogens is 349 g/mol. The molecule has 0 bridgehead atoms. The van der Waals surface area contributed by atoms with E-state index < -0.39 is 27.5 Å². The molecule has 1 fully saturated rings. The fraction of sp³-hybridized carbons (Fsp3) is 0.312. The van der Waals surface area contributed by atoms with Gasteiger partial charge < -0.3 is 10.3 Å². The minimum Gasteiger partial charge on any atom is -0.347 e. The largest absolute Gasteiger partial charge is 0.347 e. The van der Waals surface area contributed by atoms with Crippen molar-refractivity contribution in [2.75, 3.05) is 11.5 Å². The van der Waals surface area contributed by atoms with Crippen molar-refractivity contribution < 1.29 is 17.6 Å². The molecular formula is C16H16FN3O4S. The molecule has 1 aromatic heterocycles. The van der Waals surface area contributed by atoms with Gasteiger partial charge >= 0.3 is 5.69 Å². The summed E-state index contributed by atoms with van der Waals surface area (Å²) in [6, 6.07) is 5.16. The molecule has 2 N–H and O–H groups in total. The van der Waals surface area contributed by atoms with Gasteiger partial charge in [0.2, 0.25) is 0 Å². The summed E-state index contributed by atoms with van der Waals surface area (Å²) in [4.78, 5) is 30.2. The highest BCUT2D eigenvalue weighted by Crippen LogP contribution is 2.19.